The summed E-state index contributed by atoms with van der Waals surface area (Å²) in [6.07, 6.45) is 1.83. The first kappa shape index (κ1) is 17.2. The molecule has 0 fully saturated rings. The van der Waals surface area contributed by atoms with Crippen molar-refractivity contribution in [2.45, 2.75) is 13.2 Å². The number of nitrogens with one attached hydrogen (secondary N) is 1. The lowest BCUT2D eigenvalue weighted by atomic mass is 10.2. The molecule has 1 N–H and O–H groups in total. The summed E-state index contributed by atoms with van der Waals surface area (Å²) in [5.74, 6) is 0.580. The van der Waals surface area contributed by atoms with E-state index in [1.807, 2.05) is 30.3 Å². The Morgan fingerprint density at radius 1 is 1.10 bits per heavy atom. The molecule has 0 atom stereocenters. The van der Waals surface area contributed by atoms with Crippen molar-refractivity contribution >= 4 is 12.4 Å². The van der Waals surface area contributed by atoms with Gasteiger partial charge in [0.25, 0.3) is 0 Å². The van der Waals surface area contributed by atoms with Crippen molar-refractivity contribution in [3.63, 3.8) is 0 Å². The van der Waals surface area contributed by atoms with Gasteiger partial charge >= 0.3 is 0 Å². The predicted molar refractivity (Wildman–Crippen MR) is 86.3 cm³/mol. The lowest BCUT2D eigenvalue weighted by molar-refractivity contribution is 0.305. The Morgan fingerprint density at radius 2 is 1.86 bits per heavy atom. The van der Waals surface area contributed by atoms with Crippen LogP contribution in [0.3, 0.4) is 0 Å². The third-order valence-electron chi connectivity index (χ3n) is 2.84. The van der Waals surface area contributed by atoms with Crippen molar-refractivity contribution in [3.05, 3.63) is 78.1 Å². The molecule has 0 saturated heterocycles. The number of halogens is 2. The Labute approximate surface area is 131 Å². The fourth-order valence-electron chi connectivity index (χ4n) is 1.81. The standard InChI is InChI=1S/C17H18FNO.ClH/c1-2-10-19-12-15-4-3-5-17(11-15)20-13-14-6-8-16(18)9-7-14;/h2-9,11,19H,1,10,12-13H2;1H. The Hall–Kier alpha value is -1.84. The van der Waals surface area contributed by atoms with Crippen LogP contribution in [-0.4, -0.2) is 6.54 Å². The number of benzene rings is 2. The molecule has 0 aliphatic rings. The molecule has 2 rings (SSSR count). The molecule has 0 unspecified atom stereocenters. The quantitative estimate of drug-likeness (QED) is 0.614. The monoisotopic (exact) mass is 307 g/mol. The zero-order valence-electron chi connectivity index (χ0n) is 11.7. The van der Waals surface area contributed by atoms with Crippen LogP contribution in [0.5, 0.6) is 5.75 Å². The molecule has 2 nitrogen and oxygen atoms in total. The van der Waals surface area contributed by atoms with Gasteiger partial charge in [0.2, 0.25) is 0 Å². The van der Waals surface area contributed by atoms with E-state index >= 15 is 0 Å². The van der Waals surface area contributed by atoms with Crippen LogP contribution >= 0.6 is 12.4 Å². The highest BCUT2D eigenvalue weighted by molar-refractivity contribution is 5.85. The van der Waals surface area contributed by atoms with Crippen LogP contribution in [0.25, 0.3) is 0 Å². The van der Waals surface area contributed by atoms with Crippen LogP contribution in [0.2, 0.25) is 0 Å². The summed E-state index contributed by atoms with van der Waals surface area (Å²) >= 11 is 0. The molecule has 0 aromatic heterocycles. The first-order valence-electron chi connectivity index (χ1n) is 6.56. The van der Waals surface area contributed by atoms with E-state index in [2.05, 4.69) is 11.9 Å². The van der Waals surface area contributed by atoms with Gasteiger partial charge in [-0.1, -0.05) is 30.3 Å². The molecule has 2 aromatic carbocycles. The predicted octanol–water partition coefficient (Wildman–Crippen LogP) is 4.10. The second kappa shape index (κ2) is 9.16. The van der Waals surface area contributed by atoms with E-state index in [4.69, 9.17) is 4.74 Å². The fraction of sp³-hybridized carbons (Fsp3) is 0.176. The smallest absolute Gasteiger partial charge is 0.123 e. The van der Waals surface area contributed by atoms with Gasteiger partial charge in [-0.15, -0.1) is 19.0 Å². The summed E-state index contributed by atoms with van der Waals surface area (Å²) in [5, 5.41) is 3.24. The Bertz CT molecular complexity index is 557. The SMILES string of the molecule is C=CCNCc1cccc(OCc2ccc(F)cc2)c1.Cl. The second-order valence-electron chi connectivity index (χ2n) is 4.48. The molecule has 21 heavy (non-hydrogen) atoms. The van der Waals surface area contributed by atoms with Gasteiger partial charge in [-0.2, -0.15) is 0 Å². The van der Waals surface area contributed by atoms with Crippen molar-refractivity contribution < 1.29 is 9.13 Å². The maximum Gasteiger partial charge on any atom is 0.123 e. The lowest BCUT2D eigenvalue weighted by Crippen LogP contribution is -2.12. The minimum atomic E-state index is -0.232. The Morgan fingerprint density at radius 3 is 2.57 bits per heavy atom. The Kier molecular flexibility index (Phi) is 7.51. The maximum absolute atomic E-state index is 12.8. The Balaban J connectivity index is 0.00000220. The van der Waals surface area contributed by atoms with Crippen molar-refractivity contribution in [3.8, 4) is 5.75 Å². The van der Waals surface area contributed by atoms with Crippen LogP contribution in [0.1, 0.15) is 11.1 Å². The highest BCUT2D eigenvalue weighted by atomic mass is 35.5. The summed E-state index contributed by atoms with van der Waals surface area (Å²) in [7, 11) is 0. The van der Waals surface area contributed by atoms with Gasteiger partial charge in [0, 0.05) is 13.1 Å². The van der Waals surface area contributed by atoms with Crippen LogP contribution in [0.15, 0.2) is 61.2 Å². The number of hydrogen-bond acceptors (Lipinski definition) is 2. The zero-order valence-corrected chi connectivity index (χ0v) is 12.5. The number of ether oxygens (including phenoxy) is 1. The largest absolute Gasteiger partial charge is 0.489 e. The molecule has 2 aromatic rings. The highest BCUT2D eigenvalue weighted by Gasteiger charge is 1.99. The van der Waals surface area contributed by atoms with Crippen LogP contribution in [0, 0.1) is 5.82 Å². The zero-order chi connectivity index (χ0) is 14.2. The molecule has 0 spiro atoms. The molecule has 0 aliphatic heterocycles. The van der Waals surface area contributed by atoms with E-state index in [0.29, 0.717) is 6.61 Å². The average Bonchev–Trinajstić information content (AvgIpc) is 2.47. The van der Waals surface area contributed by atoms with E-state index in [0.717, 1.165) is 30.0 Å². The van der Waals surface area contributed by atoms with Gasteiger partial charge in [-0.3, -0.25) is 0 Å². The van der Waals surface area contributed by atoms with E-state index in [9.17, 15) is 4.39 Å². The number of rotatable bonds is 7. The average molecular weight is 308 g/mol. The molecule has 112 valence electrons. The molecule has 0 saturated carbocycles. The second-order valence-corrected chi connectivity index (χ2v) is 4.48. The van der Waals surface area contributed by atoms with Gasteiger partial charge in [-0.05, 0) is 35.4 Å². The summed E-state index contributed by atoms with van der Waals surface area (Å²) in [4.78, 5) is 0. The molecule has 0 aliphatic carbocycles. The van der Waals surface area contributed by atoms with Gasteiger partial charge in [0.05, 0.1) is 0 Å². The third kappa shape index (κ3) is 5.98. The summed E-state index contributed by atoms with van der Waals surface area (Å²) in [5.41, 5.74) is 2.10. The highest BCUT2D eigenvalue weighted by Crippen LogP contribution is 2.15. The molecular formula is C17H19ClFNO. The van der Waals surface area contributed by atoms with Crippen LogP contribution < -0.4 is 10.1 Å². The van der Waals surface area contributed by atoms with E-state index in [1.54, 1.807) is 12.1 Å². The van der Waals surface area contributed by atoms with E-state index in [-0.39, 0.29) is 18.2 Å². The van der Waals surface area contributed by atoms with Crippen molar-refractivity contribution in [1.82, 2.24) is 5.32 Å². The summed E-state index contributed by atoms with van der Waals surface area (Å²) in [6, 6.07) is 14.3. The van der Waals surface area contributed by atoms with E-state index < -0.39 is 0 Å². The summed E-state index contributed by atoms with van der Waals surface area (Å²) < 4.78 is 18.5. The molecular weight excluding hydrogens is 289 g/mol. The van der Waals surface area contributed by atoms with Gasteiger partial charge in [0.1, 0.15) is 18.2 Å². The molecule has 0 amide bonds. The molecule has 0 radical (unpaired) electrons. The van der Waals surface area contributed by atoms with Crippen molar-refractivity contribution in [1.29, 1.82) is 0 Å². The van der Waals surface area contributed by atoms with Gasteiger partial charge in [-0.25, -0.2) is 4.39 Å². The lowest BCUT2D eigenvalue weighted by Gasteiger charge is -2.08. The minimum Gasteiger partial charge on any atom is -0.489 e. The topological polar surface area (TPSA) is 21.3 Å². The molecule has 0 heterocycles. The molecule has 0 bridgehead atoms. The third-order valence-corrected chi connectivity index (χ3v) is 2.84. The first-order valence-corrected chi connectivity index (χ1v) is 6.56. The number of hydrogen-bond donors (Lipinski definition) is 1. The normalized spacial score (nSPS) is 9.76. The van der Waals surface area contributed by atoms with E-state index in [1.165, 1.54) is 12.1 Å². The maximum atomic E-state index is 12.8. The van der Waals surface area contributed by atoms with Gasteiger partial charge in [0.15, 0.2) is 0 Å². The minimum absolute atomic E-state index is 0. The first-order chi connectivity index (χ1) is 9.78. The summed E-state index contributed by atoms with van der Waals surface area (Å²) in [6.45, 7) is 5.66. The van der Waals surface area contributed by atoms with Crippen LogP contribution in [0.4, 0.5) is 4.39 Å². The molecule has 4 heteroatoms. The van der Waals surface area contributed by atoms with Crippen molar-refractivity contribution in [2.75, 3.05) is 6.54 Å². The fourth-order valence-corrected chi connectivity index (χ4v) is 1.81. The van der Waals surface area contributed by atoms with Crippen LogP contribution in [-0.2, 0) is 13.2 Å². The van der Waals surface area contributed by atoms with Crippen molar-refractivity contribution in [2.24, 2.45) is 0 Å². The van der Waals surface area contributed by atoms with Gasteiger partial charge < -0.3 is 10.1 Å².